The molecule has 0 spiro atoms. The van der Waals surface area contributed by atoms with Crippen LogP contribution < -0.4 is 4.89 Å². The third-order valence-electron chi connectivity index (χ3n) is 2.05. The molecule has 1 heterocycles. The average molecular weight is 257 g/mol. The number of hydrogen-bond donors (Lipinski definition) is 3. The molecular formula is C7H14O8P-. The molecule has 5 atom stereocenters. The maximum atomic E-state index is 10.3. The van der Waals surface area contributed by atoms with Gasteiger partial charge in [0.25, 0.3) is 7.82 Å². The van der Waals surface area contributed by atoms with Crippen LogP contribution in [0, 0.1) is 0 Å². The summed E-state index contributed by atoms with van der Waals surface area (Å²) in [5.41, 5.74) is 0. The van der Waals surface area contributed by atoms with E-state index in [2.05, 4.69) is 4.52 Å². The number of phosphoric acid groups is 1. The second-order valence-corrected chi connectivity index (χ2v) is 4.44. The summed E-state index contributed by atoms with van der Waals surface area (Å²) in [4.78, 5) is 18.7. The molecule has 0 aliphatic carbocycles. The fraction of sp³-hybridized carbons (Fsp3) is 1.00. The molecule has 1 fully saturated rings. The Morgan fingerprint density at radius 2 is 2.06 bits per heavy atom. The number of ether oxygens (including phenoxy) is 2. The maximum absolute atomic E-state index is 10.3. The summed E-state index contributed by atoms with van der Waals surface area (Å²) in [5, 5.41) is 18.9. The van der Waals surface area contributed by atoms with Gasteiger partial charge in [-0.2, -0.15) is 0 Å². The zero-order valence-electron chi connectivity index (χ0n) is 8.55. The van der Waals surface area contributed by atoms with Gasteiger partial charge in [0.2, 0.25) is 0 Å². The average Bonchev–Trinajstić information content (AvgIpc) is 2.43. The van der Waals surface area contributed by atoms with Gasteiger partial charge in [0.05, 0.1) is 6.61 Å². The second-order valence-electron chi connectivity index (χ2n) is 3.24. The fourth-order valence-electron chi connectivity index (χ4n) is 1.32. The van der Waals surface area contributed by atoms with Gasteiger partial charge in [0, 0.05) is 6.61 Å². The first kappa shape index (κ1) is 14.0. The van der Waals surface area contributed by atoms with Gasteiger partial charge in [-0.15, -0.1) is 0 Å². The standard InChI is InChI=1S/C7H15O8P/c1-2-13-7-6(9)5(8)4(15-7)3-14-16(10,11)12/h4-9H,2-3H2,1H3,(H2,10,11,12)/p-1/t4-,5-,6-,7-/m1/s1. The molecule has 16 heavy (non-hydrogen) atoms. The van der Waals surface area contributed by atoms with Crippen LogP contribution in [-0.4, -0.2) is 52.9 Å². The predicted molar refractivity (Wildman–Crippen MR) is 48.1 cm³/mol. The zero-order chi connectivity index (χ0) is 12.3. The van der Waals surface area contributed by atoms with E-state index in [0.717, 1.165) is 0 Å². The number of aliphatic hydroxyl groups excluding tert-OH is 2. The lowest BCUT2D eigenvalue weighted by molar-refractivity contribution is -0.224. The molecule has 3 N–H and O–H groups in total. The normalized spacial score (nSPS) is 38.6. The van der Waals surface area contributed by atoms with E-state index in [9.17, 15) is 19.7 Å². The number of hydrogen-bond acceptors (Lipinski definition) is 7. The quantitative estimate of drug-likeness (QED) is 0.480. The molecule has 96 valence electrons. The molecule has 0 saturated carbocycles. The minimum absolute atomic E-state index is 0.266. The van der Waals surface area contributed by atoms with Gasteiger partial charge in [0.1, 0.15) is 18.3 Å². The van der Waals surface area contributed by atoms with Crippen LogP contribution >= 0.6 is 7.82 Å². The van der Waals surface area contributed by atoms with E-state index < -0.39 is 39.0 Å². The van der Waals surface area contributed by atoms with Crippen LogP contribution in [-0.2, 0) is 18.6 Å². The van der Waals surface area contributed by atoms with Crippen molar-refractivity contribution in [3.63, 3.8) is 0 Å². The first-order chi connectivity index (χ1) is 7.35. The van der Waals surface area contributed by atoms with E-state index in [-0.39, 0.29) is 6.61 Å². The molecule has 9 heteroatoms. The van der Waals surface area contributed by atoms with Crippen molar-refractivity contribution in [2.75, 3.05) is 13.2 Å². The summed E-state index contributed by atoms with van der Waals surface area (Å²) in [5.74, 6) is 0. The molecule has 0 aromatic rings. The highest BCUT2D eigenvalue weighted by molar-refractivity contribution is 7.44. The fourth-order valence-corrected chi connectivity index (χ4v) is 1.66. The Labute approximate surface area is 92.0 Å². The minimum Gasteiger partial charge on any atom is -0.756 e. The van der Waals surface area contributed by atoms with Gasteiger partial charge >= 0.3 is 0 Å². The summed E-state index contributed by atoms with van der Waals surface area (Å²) in [6.45, 7) is 1.35. The van der Waals surface area contributed by atoms with E-state index in [1.165, 1.54) is 0 Å². The van der Waals surface area contributed by atoms with Crippen molar-refractivity contribution in [3.05, 3.63) is 0 Å². The van der Waals surface area contributed by atoms with Crippen LogP contribution in [0.1, 0.15) is 6.92 Å². The Morgan fingerprint density at radius 1 is 1.44 bits per heavy atom. The largest absolute Gasteiger partial charge is 0.756 e. The van der Waals surface area contributed by atoms with Crippen LogP contribution in [0.25, 0.3) is 0 Å². The van der Waals surface area contributed by atoms with E-state index in [0.29, 0.717) is 0 Å². The lowest BCUT2D eigenvalue weighted by Crippen LogP contribution is -2.35. The second kappa shape index (κ2) is 5.52. The van der Waals surface area contributed by atoms with Crippen molar-refractivity contribution in [1.29, 1.82) is 0 Å². The molecule has 1 unspecified atom stereocenters. The molecule has 8 nitrogen and oxygen atoms in total. The van der Waals surface area contributed by atoms with E-state index in [1.807, 2.05) is 0 Å². The summed E-state index contributed by atoms with van der Waals surface area (Å²) in [6, 6.07) is 0. The maximum Gasteiger partial charge on any atom is 0.265 e. The lowest BCUT2D eigenvalue weighted by atomic mass is 10.1. The molecule has 0 aromatic heterocycles. The van der Waals surface area contributed by atoms with Crippen LogP contribution in [0.5, 0.6) is 0 Å². The Balaban J connectivity index is 2.47. The Hall–Kier alpha value is -0.0500. The van der Waals surface area contributed by atoms with Crippen molar-refractivity contribution in [1.82, 2.24) is 0 Å². The minimum atomic E-state index is -4.86. The molecular weight excluding hydrogens is 243 g/mol. The summed E-state index contributed by atoms with van der Waals surface area (Å²) < 4.78 is 24.3. The molecule has 1 aliphatic heterocycles. The van der Waals surface area contributed by atoms with Gasteiger partial charge in [-0.25, -0.2) is 0 Å². The first-order valence-corrected chi connectivity index (χ1v) is 6.16. The topological polar surface area (TPSA) is 129 Å². The van der Waals surface area contributed by atoms with Crippen LogP contribution in [0.15, 0.2) is 0 Å². The van der Waals surface area contributed by atoms with Crippen molar-refractivity contribution < 1.29 is 38.6 Å². The van der Waals surface area contributed by atoms with Gasteiger partial charge < -0.3 is 34.0 Å². The SMILES string of the molecule is CCO[C@@H]1O[C@H](COP(=O)([O-])O)[C@@H](O)[C@H]1O. The monoisotopic (exact) mass is 257 g/mol. The summed E-state index contributed by atoms with van der Waals surface area (Å²) in [6.07, 6.45) is -4.71. The first-order valence-electron chi connectivity index (χ1n) is 4.66. The lowest BCUT2D eigenvalue weighted by Gasteiger charge is -2.19. The summed E-state index contributed by atoms with van der Waals surface area (Å²) >= 11 is 0. The number of aliphatic hydroxyl groups is 2. The Kier molecular flexibility index (Phi) is 4.84. The molecule has 0 amide bonds. The van der Waals surface area contributed by atoms with Gasteiger partial charge in [-0.1, -0.05) is 0 Å². The van der Waals surface area contributed by atoms with Crippen molar-refractivity contribution in [2.24, 2.45) is 0 Å². The number of phosphoric ester groups is 1. The van der Waals surface area contributed by atoms with Crippen molar-refractivity contribution >= 4 is 7.82 Å². The molecule has 1 aliphatic rings. The summed E-state index contributed by atoms with van der Waals surface area (Å²) in [7, 11) is -4.86. The van der Waals surface area contributed by atoms with Crippen molar-refractivity contribution in [2.45, 2.75) is 31.5 Å². The van der Waals surface area contributed by atoms with E-state index >= 15 is 0 Å². The van der Waals surface area contributed by atoms with Crippen LogP contribution in [0.3, 0.4) is 0 Å². The molecule has 1 saturated heterocycles. The predicted octanol–water partition coefficient (Wildman–Crippen LogP) is -2.05. The van der Waals surface area contributed by atoms with Crippen LogP contribution in [0.2, 0.25) is 0 Å². The highest BCUT2D eigenvalue weighted by atomic mass is 31.2. The highest BCUT2D eigenvalue weighted by Crippen LogP contribution is 2.32. The van der Waals surface area contributed by atoms with E-state index in [1.54, 1.807) is 6.92 Å². The van der Waals surface area contributed by atoms with Crippen LogP contribution in [0.4, 0.5) is 0 Å². The van der Waals surface area contributed by atoms with E-state index in [4.69, 9.17) is 14.4 Å². The smallest absolute Gasteiger partial charge is 0.265 e. The highest BCUT2D eigenvalue weighted by Gasteiger charge is 2.43. The Morgan fingerprint density at radius 3 is 2.56 bits per heavy atom. The third kappa shape index (κ3) is 3.76. The third-order valence-corrected chi connectivity index (χ3v) is 2.53. The molecule has 0 aromatic carbocycles. The zero-order valence-corrected chi connectivity index (χ0v) is 9.45. The molecule has 0 bridgehead atoms. The molecule has 0 radical (unpaired) electrons. The Bertz CT molecular complexity index is 265. The number of rotatable bonds is 5. The van der Waals surface area contributed by atoms with Gasteiger partial charge in [-0.3, -0.25) is 4.57 Å². The van der Waals surface area contributed by atoms with Gasteiger partial charge in [-0.05, 0) is 6.92 Å². The molecule has 1 rings (SSSR count). The van der Waals surface area contributed by atoms with Crippen molar-refractivity contribution in [3.8, 4) is 0 Å². The van der Waals surface area contributed by atoms with Gasteiger partial charge in [0.15, 0.2) is 6.29 Å².